The van der Waals surface area contributed by atoms with Crippen LogP contribution >= 0.6 is 0 Å². The number of carbonyl (C=O) groups is 2. The summed E-state index contributed by atoms with van der Waals surface area (Å²) >= 11 is 0. The highest BCUT2D eigenvalue weighted by Crippen LogP contribution is 2.48. The molecule has 44 heavy (non-hydrogen) atoms. The molecule has 1 aliphatic heterocycles. The van der Waals surface area contributed by atoms with E-state index in [1.54, 1.807) is 4.90 Å². The lowest BCUT2D eigenvalue weighted by molar-refractivity contribution is -0.147. The summed E-state index contributed by atoms with van der Waals surface area (Å²) in [6.45, 7) is 6.18. The van der Waals surface area contributed by atoms with Gasteiger partial charge < -0.3 is 25.4 Å². The predicted molar refractivity (Wildman–Crippen MR) is 175 cm³/mol. The number of methoxy groups -OCH3 is 1. The van der Waals surface area contributed by atoms with Crippen LogP contribution in [0.5, 0.6) is 0 Å². The van der Waals surface area contributed by atoms with Crippen molar-refractivity contribution in [3.63, 3.8) is 0 Å². The fraction of sp³-hybridized carbons (Fsp3) is 0.297. The molecule has 4 aromatic rings. The molecule has 3 N–H and O–H groups in total. The highest BCUT2D eigenvalue weighted by Gasteiger charge is 2.45. The van der Waals surface area contributed by atoms with E-state index < -0.39 is 28.6 Å². The number of nitrogen functional groups attached to an aromatic ring is 1. The number of nitrogens with two attached hydrogens (primary N) is 1. The molecule has 0 bridgehead atoms. The van der Waals surface area contributed by atoms with Crippen molar-refractivity contribution in [3.05, 3.63) is 131 Å². The van der Waals surface area contributed by atoms with Crippen molar-refractivity contribution in [1.82, 2.24) is 4.90 Å². The lowest BCUT2D eigenvalue weighted by Gasteiger charge is -2.42. The van der Waals surface area contributed by atoms with Gasteiger partial charge in [0.25, 0.3) is 0 Å². The topological polar surface area (TPSA) is 93.9 Å². The minimum atomic E-state index is -1.07. The van der Waals surface area contributed by atoms with Crippen molar-refractivity contribution >= 4 is 23.4 Å². The number of likely N-dealkylation sites (tertiary alicyclic amines) is 1. The third kappa shape index (κ3) is 5.87. The monoisotopic (exact) mass is 591 g/mol. The van der Waals surface area contributed by atoms with Gasteiger partial charge in [-0.15, -0.1) is 0 Å². The molecule has 0 unspecified atom stereocenters. The van der Waals surface area contributed by atoms with Gasteiger partial charge in [0.1, 0.15) is 11.1 Å². The first-order chi connectivity index (χ1) is 21.1. The maximum atomic E-state index is 13.4. The Hall–Kier alpha value is -4.78. The molecule has 0 aliphatic carbocycles. The summed E-state index contributed by atoms with van der Waals surface area (Å²) in [5.41, 5.74) is 9.96. The molecule has 4 aromatic carbocycles. The Morgan fingerprint density at radius 3 is 1.66 bits per heavy atom. The molecule has 0 aromatic heterocycles. The van der Waals surface area contributed by atoms with Crippen molar-refractivity contribution in [2.24, 2.45) is 0 Å². The quantitative estimate of drug-likeness (QED) is 0.136. The second-order valence-corrected chi connectivity index (χ2v) is 12.3. The number of rotatable bonds is 7. The van der Waals surface area contributed by atoms with Crippen LogP contribution in [0.1, 0.15) is 55.9 Å². The average molecular weight is 592 g/mol. The number of hydrogen-bond acceptors (Lipinski definition) is 6. The van der Waals surface area contributed by atoms with Gasteiger partial charge in [0.05, 0.1) is 23.9 Å². The highest BCUT2D eigenvalue weighted by atomic mass is 16.6. The van der Waals surface area contributed by atoms with Crippen molar-refractivity contribution in [1.29, 1.82) is 0 Å². The Morgan fingerprint density at radius 1 is 0.750 bits per heavy atom. The van der Waals surface area contributed by atoms with Crippen molar-refractivity contribution in [3.8, 4) is 0 Å². The minimum absolute atomic E-state index is 0.332. The standard InChI is InChI=1S/C37H41N3O4/c1-35(2,3)44-34(42)40-25-23-36(24-26-40,33(41)43-4)39-31-22-14-21-30(32(31)38)37(27-15-8-5-9-16-27,28-17-10-6-11-18-28)29-19-12-7-13-20-29/h5-22,39H,23-26,38H2,1-4H3. The number of nitrogens with one attached hydrogen (secondary N) is 1. The van der Waals surface area contributed by atoms with E-state index in [4.69, 9.17) is 15.2 Å². The summed E-state index contributed by atoms with van der Waals surface area (Å²) < 4.78 is 10.9. The molecule has 7 nitrogen and oxygen atoms in total. The van der Waals surface area contributed by atoms with Gasteiger partial charge in [0.2, 0.25) is 0 Å². The number of amides is 1. The van der Waals surface area contributed by atoms with Gasteiger partial charge >= 0.3 is 12.1 Å². The zero-order chi connectivity index (χ0) is 31.4. The lowest BCUT2D eigenvalue weighted by Crippen LogP contribution is -2.56. The van der Waals surface area contributed by atoms with Gasteiger partial charge in [0.15, 0.2) is 0 Å². The van der Waals surface area contributed by atoms with Crippen LogP contribution in [0.4, 0.5) is 16.2 Å². The zero-order valence-electron chi connectivity index (χ0n) is 25.9. The van der Waals surface area contributed by atoms with E-state index in [0.29, 0.717) is 37.3 Å². The summed E-state index contributed by atoms with van der Waals surface area (Å²) in [6, 6.07) is 37.0. The van der Waals surface area contributed by atoms with Gasteiger partial charge in [0, 0.05) is 13.1 Å². The number of piperidine rings is 1. The number of nitrogens with zero attached hydrogens (tertiary/aromatic N) is 1. The van der Waals surface area contributed by atoms with Crippen molar-refractivity contribution in [2.45, 2.75) is 50.2 Å². The summed E-state index contributed by atoms with van der Waals surface area (Å²) in [4.78, 5) is 27.8. The largest absolute Gasteiger partial charge is 0.467 e. The van der Waals surface area contributed by atoms with E-state index in [-0.39, 0.29) is 0 Å². The van der Waals surface area contributed by atoms with Crippen LogP contribution in [0.25, 0.3) is 0 Å². The molecule has 0 saturated carbocycles. The molecule has 1 saturated heterocycles. The van der Waals surface area contributed by atoms with E-state index in [1.165, 1.54) is 7.11 Å². The van der Waals surface area contributed by atoms with Crippen LogP contribution in [-0.4, -0.2) is 48.3 Å². The van der Waals surface area contributed by atoms with Crippen LogP contribution in [-0.2, 0) is 19.7 Å². The molecule has 1 amide bonds. The number of ether oxygens (including phenoxy) is 2. The number of anilines is 2. The van der Waals surface area contributed by atoms with E-state index >= 15 is 0 Å². The predicted octanol–water partition coefficient (Wildman–Crippen LogP) is 7.01. The molecule has 228 valence electrons. The fourth-order valence-corrected chi connectivity index (χ4v) is 6.26. The summed E-state index contributed by atoms with van der Waals surface area (Å²) in [5.74, 6) is -0.397. The molecule has 1 fully saturated rings. The van der Waals surface area contributed by atoms with Crippen LogP contribution in [0.15, 0.2) is 109 Å². The summed E-state index contributed by atoms with van der Waals surface area (Å²) in [6.07, 6.45) is 0.281. The Kier molecular flexibility index (Phi) is 8.68. The number of hydrogen-bond donors (Lipinski definition) is 2. The zero-order valence-corrected chi connectivity index (χ0v) is 25.9. The van der Waals surface area contributed by atoms with Crippen molar-refractivity contribution in [2.75, 3.05) is 31.2 Å². The third-order valence-electron chi connectivity index (χ3n) is 8.35. The molecule has 0 radical (unpaired) electrons. The number of para-hydroxylation sites is 1. The molecule has 1 aliphatic rings. The minimum Gasteiger partial charge on any atom is -0.467 e. The first kappa shape index (κ1) is 30.7. The third-order valence-corrected chi connectivity index (χ3v) is 8.35. The molecule has 0 spiro atoms. The molecular weight excluding hydrogens is 550 g/mol. The maximum Gasteiger partial charge on any atom is 0.410 e. The van der Waals surface area contributed by atoms with Crippen LogP contribution in [0.2, 0.25) is 0 Å². The Bertz CT molecular complexity index is 1480. The van der Waals surface area contributed by atoms with E-state index in [1.807, 2.05) is 87.5 Å². The Morgan fingerprint density at radius 2 is 1.23 bits per heavy atom. The first-order valence-corrected chi connectivity index (χ1v) is 15.0. The number of benzene rings is 4. The van der Waals surface area contributed by atoms with Crippen LogP contribution in [0, 0.1) is 0 Å². The summed E-state index contributed by atoms with van der Waals surface area (Å²) in [5, 5.41) is 3.51. The highest BCUT2D eigenvalue weighted by molar-refractivity contribution is 5.88. The van der Waals surface area contributed by atoms with Gasteiger partial charge in [-0.05, 0) is 61.9 Å². The second kappa shape index (κ2) is 12.4. The summed E-state index contributed by atoms with van der Waals surface area (Å²) in [7, 11) is 1.39. The van der Waals surface area contributed by atoms with E-state index in [9.17, 15) is 9.59 Å². The van der Waals surface area contributed by atoms with Gasteiger partial charge in [-0.25, -0.2) is 9.59 Å². The molecule has 1 heterocycles. The van der Waals surface area contributed by atoms with Crippen LogP contribution in [0.3, 0.4) is 0 Å². The smallest absolute Gasteiger partial charge is 0.410 e. The molecule has 0 atom stereocenters. The van der Waals surface area contributed by atoms with Gasteiger partial charge in [-0.1, -0.05) is 103 Å². The average Bonchev–Trinajstić information content (AvgIpc) is 3.04. The SMILES string of the molecule is COC(=O)C1(Nc2cccc(C(c3ccccc3)(c3ccccc3)c3ccccc3)c2N)CCN(C(=O)OC(C)(C)C)CC1. The van der Waals surface area contributed by atoms with E-state index in [2.05, 4.69) is 47.8 Å². The van der Waals surface area contributed by atoms with Gasteiger partial charge in [-0.2, -0.15) is 0 Å². The molecule has 5 rings (SSSR count). The lowest BCUT2D eigenvalue weighted by atomic mass is 9.64. The Labute approximate surface area is 260 Å². The fourth-order valence-electron chi connectivity index (χ4n) is 6.26. The van der Waals surface area contributed by atoms with Crippen LogP contribution < -0.4 is 11.1 Å². The molecule has 7 heteroatoms. The Balaban J connectivity index is 1.61. The maximum absolute atomic E-state index is 13.4. The van der Waals surface area contributed by atoms with Gasteiger partial charge in [-0.3, -0.25) is 0 Å². The van der Waals surface area contributed by atoms with Crippen molar-refractivity contribution < 1.29 is 19.1 Å². The second-order valence-electron chi connectivity index (χ2n) is 12.3. The number of esters is 1. The normalized spacial score (nSPS) is 14.9. The van der Waals surface area contributed by atoms with E-state index in [0.717, 1.165) is 22.3 Å². The molecular formula is C37H41N3O4. The number of carbonyl (C=O) groups excluding carboxylic acids is 2. The first-order valence-electron chi connectivity index (χ1n) is 15.0.